The summed E-state index contributed by atoms with van der Waals surface area (Å²) in [7, 11) is 0. The second-order valence-corrected chi connectivity index (χ2v) is 4.98. The monoisotopic (exact) mass is 293 g/mol. The van der Waals surface area contributed by atoms with Crippen molar-refractivity contribution in [1.82, 2.24) is 9.88 Å². The Kier molecular flexibility index (Phi) is 4.91. The van der Waals surface area contributed by atoms with Gasteiger partial charge in [-0.05, 0) is 25.3 Å². The Balaban J connectivity index is 1.89. The summed E-state index contributed by atoms with van der Waals surface area (Å²) >= 11 is 0. The topological polar surface area (TPSA) is 114 Å². The van der Waals surface area contributed by atoms with Crippen LogP contribution >= 0.6 is 0 Å². The lowest BCUT2D eigenvalue weighted by Gasteiger charge is -2.26. The molecular formula is C13H19N5O3. The second kappa shape index (κ2) is 6.87. The van der Waals surface area contributed by atoms with E-state index >= 15 is 0 Å². The minimum atomic E-state index is -0.527. The van der Waals surface area contributed by atoms with Gasteiger partial charge in [0.05, 0.1) is 4.92 Å². The van der Waals surface area contributed by atoms with E-state index in [2.05, 4.69) is 10.3 Å². The minimum absolute atomic E-state index is 0.0637. The van der Waals surface area contributed by atoms with Crippen LogP contribution in [-0.4, -0.2) is 40.3 Å². The van der Waals surface area contributed by atoms with Crippen LogP contribution in [0.25, 0.3) is 0 Å². The van der Waals surface area contributed by atoms with Crippen molar-refractivity contribution in [3.05, 3.63) is 22.2 Å². The third-order valence-electron chi connectivity index (χ3n) is 3.43. The first-order valence-electron chi connectivity index (χ1n) is 7.00. The number of likely N-dealkylation sites (tertiary alicyclic amines) is 1. The summed E-state index contributed by atoms with van der Waals surface area (Å²) in [6, 6.07) is 2.68. The zero-order valence-corrected chi connectivity index (χ0v) is 11.7. The van der Waals surface area contributed by atoms with Gasteiger partial charge in [0.15, 0.2) is 0 Å². The number of hydrogen-bond acceptors (Lipinski definition) is 6. The molecule has 0 spiro atoms. The highest BCUT2D eigenvalue weighted by Crippen LogP contribution is 2.22. The molecule has 1 amide bonds. The van der Waals surface area contributed by atoms with Gasteiger partial charge in [0.25, 0.3) is 0 Å². The zero-order valence-electron chi connectivity index (χ0n) is 11.7. The number of anilines is 2. The molecule has 0 saturated carbocycles. The molecule has 21 heavy (non-hydrogen) atoms. The Morgan fingerprint density at radius 2 is 2.10 bits per heavy atom. The van der Waals surface area contributed by atoms with Gasteiger partial charge in [0.2, 0.25) is 11.7 Å². The molecule has 0 aliphatic carbocycles. The van der Waals surface area contributed by atoms with E-state index in [0.29, 0.717) is 6.54 Å². The van der Waals surface area contributed by atoms with E-state index in [1.807, 2.05) is 4.90 Å². The molecule has 1 aliphatic rings. The summed E-state index contributed by atoms with van der Waals surface area (Å²) in [5.74, 6) is 0.366. The van der Waals surface area contributed by atoms with E-state index in [0.717, 1.165) is 25.9 Å². The molecule has 2 heterocycles. The van der Waals surface area contributed by atoms with Gasteiger partial charge in [-0.15, -0.1) is 0 Å². The number of pyridine rings is 1. The number of nitrogens with zero attached hydrogens (tertiary/aromatic N) is 3. The second-order valence-electron chi connectivity index (χ2n) is 4.98. The predicted octanol–water partition coefficient (Wildman–Crippen LogP) is 1.39. The van der Waals surface area contributed by atoms with Crippen LogP contribution in [0.3, 0.4) is 0 Å². The summed E-state index contributed by atoms with van der Waals surface area (Å²) in [4.78, 5) is 28.1. The first-order valence-corrected chi connectivity index (χ1v) is 7.00. The van der Waals surface area contributed by atoms with Crippen molar-refractivity contribution in [2.45, 2.75) is 25.7 Å². The molecule has 1 aliphatic heterocycles. The van der Waals surface area contributed by atoms with Gasteiger partial charge in [0, 0.05) is 32.1 Å². The molecule has 1 fully saturated rings. The number of nitrogen functional groups attached to an aromatic ring is 1. The molecule has 0 atom stereocenters. The Labute approximate surface area is 122 Å². The van der Waals surface area contributed by atoms with Gasteiger partial charge in [-0.25, -0.2) is 4.98 Å². The fourth-order valence-electron chi connectivity index (χ4n) is 2.33. The predicted molar refractivity (Wildman–Crippen MR) is 78.8 cm³/mol. The van der Waals surface area contributed by atoms with E-state index in [9.17, 15) is 14.9 Å². The lowest BCUT2D eigenvalue weighted by molar-refractivity contribution is -0.384. The molecule has 1 aromatic rings. The Bertz CT molecular complexity index is 529. The number of nitrogens with one attached hydrogen (secondary N) is 1. The SMILES string of the molecule is Nc1ccc([N+](=O)[O-])c(NCCC(=O)N2CCCCC2)n1. The van der Waals surface area contributed by atoms with Gasteiger partial charge in [-0.2, -0.15) is 0 Å². The maximum absolute atomic E-state index is 12.0. The Hall–Kier alpha value is -2.38. The molecule has 3 N–H and O–H groups in total. The first-order chi connectivity index (χ1) is 10.1. The summed E-state index contributed by atoms with van der Waals surface area (Å²) in [5.41, 5.74) is 5.38. The average molecular weight is 293 g/mol. The summed E-state index contributed by atoms with van der Waals surface area (Å²) in [6.45, 7) is 1.90. The van der Waals surface area contributed by atoms with Crippen LogP contribution in [0.5, 0.6) is 0 Å². The number of piperidine rings is 1. The highest BCUT2D eigenvalue weighted by molar-refractivity contribution is 5.77. The first kappa shape index (κ1) is 15.0. The summed E-state index contributed by atoms with van der Waals surface area (Å²) in [6.07, 6.45) is 3.54. The van der Waals surface area contributed by atoms with Crippen molar-refractivity contribution < 1.29 is 9.72 Å². The van der Waals surface area contributed by atoms with E-state index in [-0.39, 0.29) is 29.7 Å². The zero-order chi connectivity index (χ0) is 15.2. The van der Waals surface area contributed by atoms with E-state index in [1.165, 1.54) is 18.6 Å². The number of nitro groups is 1. The maximum Gasteiger partial charge on any atom is 0.311 e. The van der Waals surface area contributed by atoms with E-state index in [4.69, 9.17) is 5.73 Å². The van der Waals surface area contributed by atoms with Crippen molar-refractivity contribution >= 4 is 23.2 Å². The number of nitrogens with two attached hydrogens (primary N) is 1. The van der Waals surface area contributed by atoms with E-state index < -0.39 is 4.92 Å². The van der Waals surface area contributed by atoms with Crippen LogP contribution in [0.15, 0.2) is 12.1 Å². The number of carbonyl (C=O) groups is 1. The molecule has 8 nitrogen and oxygen atoms in total. The van der Waals surface area contributed by atoms with Crippen LogP contribution in [0, 0.1) is 10.1 Å². The smallest absolute Gasteiger partial charge is 0.311 e. The standard InChI is InChI=1S/C13H19N5O3/c14-11-5-4-10(18(20)21)13(16-11)15-7-6-12(19)17-8-2-1-3-9-17/h4-5H,1-3,6-9H2,(H3,14,15,16). The molecule has 1 aromatic heterocycles. The van der Waals surface area contributed by atoms with Gasteiger partial charge < -0.3 is 16.0 Å². The maximum atomic E-state index is 12.0. The highest BCUT2D eigenvalue weighted by atomic mass is 16.6. The minimum Gasteiger partial charge on any atom is -0.384 e. The van der Waals surface area contributed by atoms with Crippen LogP contribution in [0.2, 0.25) is 0 Å². The molecule has 0 bridgehead atoms. The van der Waals surface area contributed by atoms with Crippen LogP contribution in [-0.2, 0) is 4.79 Å². The van der Waals surface area contributed by atoms with Gasteiger partial charge >= 0.3 is 5.69 Å². The van der Waals surface area contributed by atoms with Crippen LogP contribution in [0.4, 0.5) is 17.3 Å². The van der Waals surface area contributed by atoms with E-state index in [1.54, 1.807) is 0 Å². The molecular weight excluding hydrogens is 274 g/mol. The summed E-state index contributed by atoms with van der Waals surface area (Å²) in [5, 5.41) is 13.7. The average Bonchev–Trinajstić information content (AvgIpc) is 2.48. The van der Waals surface area contributed by atoms with Crippen LogP contribution in [0.1, 0.15) is 25.7 Å². The van der Waals surface area contributed by atoms with Gasteiger partial charge in [-0.3, -0.25) is 14.9 Å². The third kappa shape index (κ3) is 4.04. The number of aromatic nitrogens is 1. The molecule has 0 aromatic carbocycles. The Morgan fingerprint density at radius 1 is 1.38 bits per heavy atom. The quantitative estimate of drug-likeness (QED) is 0.626. The fraction of sp³-hybridized carbons (Fsp3) is 0.538. The van der Waals surface area contributed by atoms with Gasteiger partial charge in [-0.1, -0.05) is 0 Å². The van der Waals surface area contributed by atoms with Crippen molar-refractivity contribution in [2.24, 2.45) is 0 Å². The van der Waals surface area contributed by atoms with Crippen molar-refractivity contribution in [1.29, 1.82) is 0 Å². The number of hydrogen-bond donors (Lipinski definition) is 2. The lowest BCUT2D eigenvalue weighted by atomic mass is 10.1. The van der Waals surface area contributed by atoms with Crippen LogP contribution < -0.4 is 11.1 Å². The number of carbonyl (C=O) groups excluding carboxylic acids is 1. The number of rotatable bonds is 5. The molecule has 2 rings (SSSR count). The third-order valence-corrected chi connectivity index (χ3v) is 3.43. The normalized spacial score (nSPS) is 14.8. The lowest BCUT2D eigenvalue weighted by Crippen LogP contribution is -2.36. The summed E-state index contributed by atoms with van der Waals surface area (Å²) < 4.78 is 0. The van der Waals surface area contributed by atoms with Crippen molar-refractivity contribution in [3.63, 3.8) is 0 Å². The molecule has 8 heteroatoms. The Morgan fingerprint density at radius 3 is 2.76 bits per heavy atom. The number of amides is 1. The molecule has 114 valence electrons. The molecule has 1 saturated heterocycles. The largest absolute Gasteiger partial charge is 0.384 e. The fourth-order valence-corrected chi connectivity index (χ4v) is 2.33. The van der Waals surface area contributed by atoms with Crippen molar-refractivity contribution in [3.8, 4) is 0 Å². The highest BCUT2D eigenvalue weighted by Gasteiger charge is 2.18. The van der Waals surface area contributed by atoms with Gasteiger partial charge in [0.1, 0.15) is 5.82 Å². The molecule has 0 radical (unpaired) electrons. The molecule has 0 unspecified atom stereocenters. The van der Waals surface area contributed by atoms with Crippen molar-refractivity contribution in [2.75, 3.05) is 30.7 Å².